The summed E-state index contributed by atoms with van der Waals surface area (Å²) in [5, 5.41) is 25.6. The van der Waals surface area contributed by atoms with Gasteiger partial charge in [0.15, 0.2) is 22.8 Å². The molecule has 0 fully saturated rings. The van der Waals surface area contributed by atoms with Crippen molar-refractivity contribution in [3.8, 4) is 34.0 Å². The number of rotatable bonds is 10. The molecule has 8 heterocycles. The minimum Gasteiger partial charge on any atom is -0.494 e. The molecule has 0 bridgehead atoms. The number of hydrogen-bond donors (Lipinski definition) is 6. The number of hydrogen-bond acceptors (Lipinski definition) is 14. The number of ether oxygens (including phenoxy) is 2. The van der Waals surface area contributed by atoms with Crippen LogP contribution in [0.2, 0.25) is 5.15 Å². The zero-order chi connectivity index (χ0) is 50.3. The summed E-state index contributed by atoms with van der Waals surface area (Å²) in [7, 11) is 10.2. The highest BCUT2D eigenvalue weighted by Crippen LogP contribution is 2.40. The fraction of sp³-hybridized carbons (Fsp3) is 0.125. The van der Waals surface area contributed by atoms with Crippen molar-refractivity contribution in [2.24, 2.45) is 28.2 Å². The summed E-state index contributed by atoms with van der Waals surface area (Å²) in [6, 6.07) is 28.6. The number of para-hydroxylation sites is 2. The highest BCUT2D eigenvalue weighted by molar-refractivity contribution is 6.30. The van der Waals surface area contributed by atoms with E-state index in [0.29, 0.717) is 79.6 Å². The highest BCUT2D eigenvalue weighted by atomic mass is 35.5. The van der Waals surface area contributed by atoms with E-state index in [1.54, 1.807) is 86.2 Å². The largest absolute Gasteiger partial charge is 0.494 e. The molecule has 0 radical (unpaired) electrons. The van der Waals surface area contributed by atoms with Crippen LogP contribution in [0.5, 0.6) is 11.5 Å². The fourth-order valence-electron chi connectivity index (χ4n) is 7.38. The molecule has 10 aromatic rings. The van der Waals surface area contributed by atoms with E-state index in [0.717, 1.165) is 22.5 Å². The Morgan fingerprint density at radius 2 is 1.08 bits per heavy atom. The van der Waals surface area contributed by atoms with Crippen LogP contribution in [0.15, 0.2) is 119 Å². The monoisotopic (exact) mass is 970 g/mol. The van der Waals surface area contributed by atoms with E-state index in [4.69, 9.17) is 40.0 Å². The minimum absolute atomic E-state index is 0.198. The summed E-state index contributed by atoms with van der Waals surface area (Å²) in [4.78, 5) is 48.5. The molecule has 22 nitrogen and oxygen atoms in total. The van der Waals surface area contributed by atoms with Crippen LogP contribution in [-0.2, 0) is 28.2 Å². The first kappa shape index (κ1) is 47.6. The number of H-pyrrole nitrogens is 2. The zero-order valence-corrected chi connectivity index (χ0v) is 39.6. The van der Waals surface area contributed by atoms with Crippen molar-refractivity contribution < 1.29 is 9.47 Å². The van der Waals surface area contributed by atoms with Crippen LogP contribution in [0.25, 0.3) is 54.3 Å². The van der Waals surface area contributed by atoms with Gasteiger partial charge in [-0.1, -0.05) is 49.0 Å². The molecule has 0 aliphatic heterocycles. The number of nitrogens with two attached hydrogens (primary N) is 1. The van der Waals surface area contributed by atoms with Gasteiger partial charge in [-0.15, -0.1) is 9.97 Å². The Balaban J connectivity index is 0.000000166. The lowest BCUT2D eigenvalue weighted by Crippen LogP contribution is -2.12. The van der Waals surface area contributed by atoms with Gasteiger partial charge in [-0.05, 0) is 54.6 Å². The van der Waals surface area contributed by atoms with Crippen LogP contribution in [0, 0.1) is 13.1 Å². The van der Waals surface area contributed by atoms with Crippen molar-refractivity contribution in [1.29, 1.82) is 0 Å². The highest BCUT2D eigenvalue weighted by Gasteiger charge is 2.20. The number of nitrogens with one attached hydrogen (secondary N) is 5. The van der Waals surface area contributed by atoms with E-state index in [9.17, 15) is 9.59 Å². The fourth-order valence-corrected chi connectivity index (χ4v) is 7.57. The number of pyridine rings is 4. The van der Waals surface area contributed by atoms with Crippen LogP contribution in [-0.4, -0.2) is 73.3 Å². The van der Waals surface area contributed by atoms with Crippen LogP contribution in [0.1, 0.15) is 0 Å². The third kappa shape index (κ3) is 10.3. The molecule has 7 N–H and O–H groups in total. The number of nitrogens with zero attached hydrogens (tertiary/aromatic N) is 12. The molecule has 0 aliphatic carbocycles. The first-order valence-electron chi connectivity index (χ1n) is 21.2. The van der Waals surface area contributed by atoms with Crippen LogP contribution >= 0.6 is 11.6 Å². The van der Waals surface area contributed by atoms with Gasteiger partial charge in [0.05, 0.1) is 48.4 Å². The molecule has 0 saturated heterocycles. The Hall–Kier alpha value is -9.93. The van der Waals surface area contributed by atoms with Gasteiger partial charge in [-0.2, -0.15) is 10.2 Å². The number of benzene rings is 2. The minimum atomic E-state index is -0.227. The number of aromatic nitrogens is 12. The normalized spacial score (nSPS) is 10.6. The number of fused-ring (bicyclic) bond motifs is 2. The average Bonchev–Trinajstić information content (AvgIpc) is 4.14. The van der Waals surface area contributed by atoms with Crippen molar-refractivity contribution in [1.82, 2.24) is 59.1 Å². The summed E-state index contributed by atoms with van der Waals surface area (Å²) >= 11 is 6.13. The van der Waals surface area contributed by atoms with E-state index in [1.807, 2.05) is 75.0 Å². The summed E-state index contributed by atoms with van der Waals surface area (Å²) in [6.45, 7) is 13.7. The lowest BCUT2D eigenvalue weighted by Gasteiger charge is -2.15. The molecule has 71 heavy (non-hydrogen) atoms. The molecule has 23 heteroatoms. The quantitative estimate of drug-likeness (QED) is 0.0556. The van der Waals surface area contributed by atoms with Gasteiger partial charge in [0.2, 0.25) is 11.6 Å². The summed E-state index contributed by atoms with van der Waals surface area (Å²) in [5.74, 6) is 3.10. The molecule has 0 aliphatic rings. The Labute approximate surface area is 408 Å². The van der Waals surface area contributed by atoms with Gasteiger partial charge < -0.3 is 40.8 Å². The van der Waals surface area contributed by atoms with E-state index in [2.05, 4.69) is 66.0 Å². The van der Waals surface area contributed by atoms with Crippen LogP contribution in [0.3, 0.4) is 0 Å². The smallest absolute Gasteiger partial charge is 0.277 e. The Bertz CT molecular complexity index is 3800. The van der Waals surface area contributed by atoms with E-state index >= 15 is 0 Å². The van der Waals surface area contributed by atoms with Crippen molar-refractivity contribution in [2.75, 3.05) is 35.9 Å². The van der Waals surface area contributed by atoms with Gasteiger partial charge in [-0.25, -0.2) is 9.97 Å². The van der Waals surface area contributed by atoms with E-state index in [-0.39, 0.29) is 22.1 Å². The van der Waals surface area contributed by atoms with Gasteiger partial charge in [0, 0.05) is 69.9 Å². The van der Waals surface area contributed by atoms with Gasteiger partial charge in [-0.3, -0.25) is 38.5 Å². The standard InChI is InChI=1S/C24H21N9O2.C18H17ClN6O2.C6H5N3/c1-25-18-9-6-10-19(27-18)28-20-13-17(21-23(29-20)31-33(3)24(21)34)26-16-8-5-7-14(22(16)35-4)15-11-12-32(2)30-15;1-24-8-7-11(22-24)10-5-4-6-12(16(10)27-3)20-13-9-14(19)21-17-15(13)18(26)25(2)23-17;1-8-6-4-2-3-5(7)9-6/h5-13H,2-4H3,(H3,26,27,28,29,31);4-9H,1-3H3,(H2,20,21,23);2-4H,(H2,7,9). The lowest BCUT2D eigenvalue weighted by molar-refractivity contribution is 0.418. The second-order valence-corrected chi connectivity index (χ2v) is 15.8. The third-order valence-corrected chi connectivity index (χ3v) is 10.7. The molecule has 0 atom stereocenters. The van der Waals surface area contributed by atoms with E-state index < -0.39 is 0 Å². The maximum Gasteiger partial charge on any atom is 0.277 e. The summed E-state index contributed by atoms with van der Waals surface area (Å²) in [5.41, 5.74) is 11.3. The molecule has 0 saturated carbocycles. The topological polar surface area (TPSA) is 252 Å². The molecule has 2 aromatic carbocycles. The first-order valence-corrected chi connectivity index (χ1v) is 21.6. The zero-order valence-electron chi connectivity index (χ0n) is 38.8. The van der Waals surface area contributed by atoms with Crippen LogP contribution in [0.4, 0.5) is 51.8 Å². The van der Waals surface area contributed by atoms with Gasteiger partial charge in [0.25, 0.3) is 22.8 Å². The van der Waals surface area contributed by atoms with Crippen molar-refractivity contribution >= 4 is 85.5 Å². The SMILES string of the molecule is COc1c(Nc2cc(Cl)nc3[nH]n(C)c(=O)c23)cccc1-c1ccn(C)n1.[C-]#[N+]c1cccc(N)n1.[C-]#[N+]c1cccc(Nc2cc(Nc3cccc(-c4ccn(C)n4)c3OC)c3c(=O)n(C)[nH]c3n2)n1. The average molecular weight is 971 g/mol. The first-order chi connectivity index (χ1) is 34.3. The van der Waals surface area contributed by atoms with Crippen molar-refractivity contribution in [3.05, 3.63) is 158 Å². The third-order valence-electron chi connectivity index (χ3n) is 10.5. The molecular weight excluding hydrogens is 928 g/mol. The second-order valence-electron chi connectivity index (χ2n) is 15.4. The van der Waals surface area contributed by atoms with Gasteiger partial charge in [0.1, 0.15) is 21.7 Å². The molecule has 0 spiro atoms. The molecule has 356 valence electrons. The predicted octanol–water partition coefficient (Wildman–Crippen LogP) is 8.39. The maximum atomic E-state index is 12.9. The van der Waals surface area contributed by atoms with Crippen molar-refractivity contribution in [3.63, 3.8) is 0 Å². The number of nitrogen functional groups attached to an aromatic ring is 1. The number of aryl methyl sites for hydroxylation is 4. The Kier molecular flexibility index (Phi) is 13.7. The number of methoxy groups -OCH3 is 2. The number of anilines is 7. The molecule has 0 amide bonds. The summed E-state index contributed by atoms with van der Waals surface area (Å²) in [6.07, 6.45) is 3.73. The molecule has 8 aromatic heterocycles. The second kappa shape index (κ2) is 20.5. The van der Waals surface area contributed by atoms with Crippen molar-refractivity contribution in [2.45, 2.75) is 0 Å². The lowest BCUT2D eigenvalue weighted by atomic mass is 10.1. The van der Waals surface area contributed by atoms with E-state index in [1.165, 1.54) is 9.36 Å². The molecular formula is C48H43ClN18O4. The Morgan fingerprint density at radius 3 is 1.56 bits per heavy atom. The van der Waals surface area contributed by atoms with Gasteiger partial charge >= 0.3 is 0 Å². The molecule has 10 rings (SSSR count). The molecule has 0 unspecified atom stereocenters. The Morgan fingerprint density at radius 1 is 0.592 bits per heavy atom. The summed E-state index contributed by atoms with van der Waals surface area (Å²) < 4.78 is 17.6. The maximum absolute atomic E-state index is 12.9. The van der Waals surface area contributed by atoms with Crippen LogP contribution < -0.4 is 42.3 Å². The number of aromatic amines is 2. The predicted molar refractivity (Wildman–Crippen MR) is 273 cm³/mol. The number of halogens is 1.